The summed E-state index contributed by atoms with van der Waals surface area (Å²) in [6.45, 7) is 5.21. The molecular weight excluding hydrogens is 544 g/mol. The number of carbonyl (C=O) groups excluding carboxylic acids is 1. The van der Waals surface area contributed by atoms with Crippen LogP contribution in [-0.4, -0.2) is 42.0 Å². The fourth-order valence-electron chi connectivity index (χ4n) is 5.52. The van der Waals surface area contributed by atoms with E-state index in [-0.39, 0.29) is 12.5 Å². The van der Waals surface area contributed by atoms with E-state index < -0.39 is 5.97 Å². The van der Waals surface area contributed by atoms with Gasteiger partial charge in [0, 0.05) is 13.5 Å². The highest BCUT2D eigenvalue weighted by atomic mass is 16.4. The first-order valence-electron chi connectivity index (χ1n) is 19.3. The molecule has 0 rings (SSSR count). The summed E-state index contributed by atoms with van der Waals surface area (Å²) in [4.78, 5) is 23.5. The molecule has 0 saturated heterocycles. The summed E-state index contributed by atoms with van der Waals surface area (Å²) in [5.74, 6) is -1.03. The second kappa shape index (κ2) is 39.7. The van der Waals surface area contributed by atoms with Crippen LogP contribution in [0.2, 0.25) is 0 Å². The number of nitrogens with zero attached hydrogens (tertiary/aromatic N) is 1. The fraction of sp³-hybridized carbons (Fsp3) is 0.897. The van der Waals surface area contributed by atoms with Crippen molar-refractivity contribution in [3.05, 3.63) is 12.2 Å². The number of allylic oxidation sites excluding steroid dienone is 2. The summed E-state index contributed by atoms with van der Waals surface area (Å²) in [6.07, 6.45) is 44.0. The van der Waals surface area contributed by atoms with E-state index in [1.165, 1.54) is 165 Å². The van der Waals surface area contributed by atoms with Gasteiger partial charge in [-0.1, -0.05) is 174 Å². The van der Waals surface area contributed by atoms with Crippen molar-refractivity contribution in [3.8, 4) is 0 Å². The topological polar surface area (TPSA) is 83.6 Å². The van der Waals surface area contributed by atoms with Gasteiger partial charge in [0.1, 0.15) is 6.54 Å². The minimum absolute atomic E-state index is 0.0694. The van der Waals surface area contributed by atoms with Crippen LogP contribution in [0.3, 0.4) is 0 Å². The minimum atomic E-state index is -0.958. The van der Waals surface area contributed by atoms with E-state index in [4.69, 9.17) is 10.8 Å². The first-order chi connectivity index (χ1) is 21.5. The van der Waals surface area contributed by atoms with Crippen LogP contribution < -0.4 is 5.73 Å². The van der Waals surface area contributed by atoms with E-state index in [9.17, 15) is 9.59 Å². The van der Waals surface area contributed by atoms with Crippen molar-refractivity contribution >= 4 is 11.9 Å². The minimum Gasteiger partial charge on any atom is -0.480 e. The molecular formula is C39H78N2O3. The van der Waals surface area contributed by atoms with Crippen molar-refractivity contribution in [2.45, 2.75) is 206 Å². The third-order valence-corrected chi connectivity index (χ3v) is 8.51. The van der Waals surface area contributed by atoms with Gasteiger partial charge in [-0.05, 0) is 45.1 Å². The quantitative estimate of drug-likeness (QED) is 0.0563. The zero-order valence-electron chi connectivity index (χ0n) is 30.1. The number of likely N-dealkylation sites (N-methyl/N-ethyl adjacent to an activating group) is 1. The number of carboxylic acid groups (broad SMARTS) is 1. The Morgan fingerprint density at radius 1 is 0.523 bits per heavy atom. The average molecular weight is 623 g/mol. The molecule has 5 nitrogen and oxygen atoms in total. The van der Waals surface area contributed by atoms with E-state index in [0.717, 1.165) is 32.2 Å². The summed E-state index contributed by atoms with van der Waals surface area (Å²) in [7, 11) is 1.55. The van der Waals surface area contributed by atoms with Crippen LogP contribution in [0.4, 0.5) is 0 Å². The molecule has 0 unspecified atom stereocenters. The maximum absolute atomic E-state index is 11.7. The van der Waals surface area contributed by atoms with E-state index in [2.05, 4.69) is 26.0 Å². The Morgan fingerprint density at radius 3 is 1.18 bits per heavy atom. The molecule has 0 bridgehead atoms. The van der Waals surface area contributed by atoms with E-state index in [0.29, 0.717) is 6.42 Å². The molecule has 0 aliphatic carbocycles. The molecule has 0 heterocycles. The van der Waals surface area contributed by atoms with Crippen molar-refractivity contribution in [1.29, 1.82) is 0 Å². The summed E-state index contributed by atoms with van der Waals surface area (Å²) < 4.78 is 0. The number of nitrogens with two attached hydrogens (primary N) is 1. The van der Waals surface area contributed by atoms with Gasteiger partial charge in [0.15, 0.2) is 0 Å². The van der Waals surface area contributed by atoms with Crippen LogP contribution in [0.15, 0.2) is 12.2 Å². The summed E-state index contributed by atoms with van der Waals surface area (Å²) >= 11 is 0. The fourth-order valence-corrected chi connectivity index (χ4v) is 5.52. The lowest BCUT2D eigenvalue weighted by molar-refractivity contribution is -0.143. The highest BCUT2D eigenvalue weighted by molar-refractivity contribution is 5.80. The lowest BCUT2D eigenvalue weighted by Gasteiger charge is -2.14. The van der Waals surface area contributed by atoms with E-state index in [1.54, 1.807) is 7.05 Å². The highest BCUT2D eigenvalue weighted by Crippen LogP contribution is 2.14. The summed E-state index contributed by atoms with van der Waals surface area (Å²) in [6, 6.07) is 0. The molecule has 5 heteroatoms. The monoisotopic (exact) mass is 623 g/mol. The van der Waals surface area contributed by atoms with Gasteiger partial charge in [-0.15, -0.1) is 0 Å². The van der Waals surface area contributed by atoms with Crippen molar-refractivity contribution in [2.24, 2.45) is 5.73 Å². The third kappa shape index (κ3) is 40.6. The Labute approximate surface area is 275 Å². The predicted molar refractivity (Wildman–Crippen MR) is 193 cm³/mol. The molecule has 0 atom stereocenters. The van der Waals surface area contributed by atoms with Crippen LogP contribution in [0.1, 0.15) is 206 Å². The number of unbranched alkanes of at least 4 members (excludes halogenated alkanes) is 26. The molecule has 0 spiro atoms. The third-order valence-electron chi connectivity index (χ3n) is 8.51. The van der Waals surface area contributed by atoms with Crippen LogP contribution >= 0.6 is 0 Å². The van der Waals surface area contributed by atoms with E-state index in [1.807, 2.05) is 0 Å². The number of carbonyl (C=O) groups is 2. The van der Waals surface area contributed by atoms with Crippen molar-refractivity contribution < 1.29 is 14.7 Å². The molecule has 44 heavy (non-hydrogen) atoms. The Morgan fingerprint density at radius 2 is 0.841 bits per heavy atom. The van der Waals surface area contributed by atoms with Gasteiger partial charge in [-0.25, -0.2) is 0 Å². The Kier molecular flexibility index (Phi) is 40.4. The smallest absolute Gasteiger partial charge is 0.323 e. The lowest BCUT2D eigenvalue weighted by atomic mass is 10.0. The predicted octanol–water partition coefficient (Wildman–Crippen LogP) is 11.8. The van der Waals surface area contributed by atoms with Crippen molar-refractivity contribution in [2.75, 3.05) is 20.1 Å². The molecule has 262 valence electrons. The van der Waals surface area contributed by atoms with E-state index >= 15 is 0 Å². The normalized spacial score (nSPS) is 11.1. The maximum Gasteiger partial charge on any atom is 0.323 e. The van der Waals surface area contributed by atoms with Crippen LogP contribution in [-0.2, 0) is 9.59 Å². The average Bonchev–Trinajstić information content (AvgIpc) is 3.01. The van der Waals surface area contributed by atoms with Gasteiger partial charge < -0.3 is 15.7 Å². The largest absolute Gasteiger partial charge is 0.480 e. The van der Waals surface area contributed by atoms with Gasteiger partial charge in [-0.3, -0.25) is 9.59 Å². The van der Waals surface area contributed by atoms with Gasteiger partial charge in [-0.2, -0.15) is 0 Å². The molecule has 0 radical (unpaired) electrons. The van der Waals surface area contributed by atoms with Crippen LogP contribution in [0.25, 0.3) is 0 Å². The molecule has 0 aromatic rings. The SMILES string of the molecule is CCCCCCCC/C=C\CCCCCCCC(=O)N(C)CC(=O)O.CCCCCCCCCCCCCCCCCCN. The van der Waals surface area contributed by atoms with Gasteiger partial charge in [0.25, 0.3) is 0 Å². The Hall–Kier alpha value is -1.36. The second-order valence-corrected chi connectivity index (χ2v) is 13.1. The zero-order valence-corrected chi connectivity index (χ0v) is 30.1. The first-order valence-corrected chi connectivity index (χ1v) is 19.3. The molecule has 3 N–H and O–H groups in total. The highest BCUT2D eigenvalue weighted by Gasteiger charge is 2.11. The molecule has 0 saturated carbocycles. The summed E-state index contributed by atoms with van der Waals surface area (Å²) in [5, 5.41) is 8.64. The number of aliphatic carboxylic acids is 1. The number of amides is 1. The van der Waals surface area contributed by atoms with Crippen molar-refractivity contribution in [1.82, 2.24) is 4.90 Å². The standard InChI is InChI=1S/C21H39NO3.C18H39N/c1-3-4-5-6-7-8-9-10-11-12-13-14-15-16-17-18-20(23)22(2)19-21(24)25;1-2-3-4-5-6-7-8-9-10-11-12-13-14-15-16-17-18-19/h10-11H,3-9,12-19H2,1-2H3,(H,24,25);2-19H2,1H3/b11-10-;. The lowest BCUT2D eigenvalue weighted by Crippen LogP contribution is -2.31. The Balaban J connectivity index is 0. The number of rotatable bonds is 33. The molecule has 0 aromatic heterocycles. The van der Waals surface area contributed by atoms with Gasteiger partial charge >= 0.3 is 5.97 Å². The molecule has 0 aromatic carbocycles. The molecule has 0 aliphatic heterocycles. The van der Waals surface area contributed by atoms with Crippen LogP contribution in [0, 0.1) is 0 Å². The van der Waals surface area contributed by atoms with Gasteiger partial charge in [0.2, 0.25) is 5.91 Å². The zero-order chi connectivity index (χ0) is 32.8. The number of hydrogen-bond donors (Lipinski definition) is 2. The Bertz CT molecular complexity index is 592. The first kappa shape index (κ1) is 44.8. The molecule has 1 amide bonds. The number of carboxylic acids is 1. The second-order valence-electron chi connectivity index (χ2n) is 13.1. The molecule has 0 aliphatic rings. The maximum atomic E-state index is 11.7. The van der Waals surface area contributed by atoms with Crippen molar-refractivity contribution in [3.63, 3.8) is 0 Å². The number of hydrogen-bond acceptors (Lipinski definition) is 3. The van der Waals surface area contributed by atoms with Crippen LogP contribution in [0.5, 0.6) is 0 Å². The van der Waals surface area contributed by atoms with Gasteiger partial charge in [0.05, 0.1) is 0 Å². The molecule has 0 fully saturated rings. The summed E-state index contributed by atoms with van der Waals surface area (Å²) in [5.41, 5.74) is 5.48.